The molecule has 0 aromatic heterocycles. The predicted molar refractivity (Wildman–Crippen MR) is 129 cm³/mol. The lowest BCUT2D eigenvalue weighted by molar-refractivity contribution is -0.122. The minimum absolute atomic E-state index is 0.0355. The highest BCUT2D eigenvalue weighted by Gasteiger charge is 2.28. The molecule has 34 heavy (non-hydrogen) atoms. The van der Waals surface area contributed by atoms with Gasteiger partial charge in [-0.15, -0.1) is 0 Å². The number of ether oxygens (including phenoxy) is 1. The van der Waals surface area contributed by atoms with Crippen molar-refractivity contribution in [3.05, 3.63) is 95.3 Å². The zero-order valence-electron chi connectivity index (χ0n) is 19.5. The van der Waals surface area contributed by atoms with Crippen LogP contribution in [0.15, 0.2) is 77.7 Å². The first-order valence-corrected chi connectivity index (χ1v) is 12.5. The molecule has 3 aromatic carbocycles. The number of nitrogens with zero attached hydrogens (tertiary/aromatic N) is 1. The van der Waals surface area contributed by atoms with Gasteiger partial charge in [-0.25, -0.2) is 12.8 Å². The summed E-state index contributed by atoms with van der Waals surface area (Å²) in [7, 11) is -3.99. The molecule has 3 rings (SSSR count). The highest BCUT2D eigenvalue weighted by Crippen LogP contribution is 2.25. The number of sulfonamides is 1. The van der Waals surface area contributed by atoms with Gasteiger partial charge in [0.15, 0.2) is 0 Å². The largest absolute Gasteiger partial charge is 0.494 e. The average molecular weight is 485 g/mol. The molecule has 0 aliphatic carbocycles. The van der Waals surface area contributed by atoms with Gasteiger partial charge in [-0.2, -0.15) is 4.31 Å². The van der Waals surface area contributed by atoms with E-state index >= 15 is 0 Å². The molecule has 0 heterocycles. The van der Waals surface area contributed by atoms with Gasteiger partial charge >= 0.3 is 0 Å². The molecular weight excluding hydrogens is 455 g/mol. The van der Waals surface area contributed by atoms with E-state index in [9.17, 15) is 17.6 Å². The number of benzene rings is 3. The first-order chi connectivity index (χ1) is 16.2. The van der Waals surface area contributed by atoms with Crippen molar-refractivity contribution in [1.29, 1.82) is 0 Å². The van der Waals surface area contributed by atoms with Crippen LogP contribution >= 0.6 is 0 Å². The van der Waals surface area contributed by atoms with Gasteiger partial charge in [0.05, 0.1) is 24.1 Å². The average Bonchev–Trinajstić information content (AvgIpc) is 2.81. The van der Waals surface area contributed by atoms with E-state index in [0.29, 0.717) is 23.5 Å². The van der Waals surface area contributed by atoms with Crippen LogP contribution in [0.1, 0.15) is 36.6 Å². The van der Waals surface area contributed by atoms with Crippen molar-refractivity contribution in [3.63, 3.8) is 0 Å². The number of hydrogen-bond donors (Lipinski definition) is 1. The molecule has 0 unspecified atom stereocenters. The zero-order chi connectivity index (χ0) is 24.7. The Morgan fingerprint density at radius 3 is 2.35 bits per heavy atom. The van der Waals surface area contributed by atoms with E-state index in [1.54, 1.807) is 38.1 Å². The Balaban J connectivity index is 1.85. The molecule has 8 heteroatoms. The van der Waals surface area contributed by atoms with E-state index in [1.165, 1.54) is 18.2 Å². The molecule has 0 saturated heterocycles. The molecule has 0 radical (unpaired) electrons. The van der Waals surface area contributed by atoms with E-state index in [4.69, 9.17) is 4.74 Å². The zero-order valence-corrected chi connectivity index (χ0v) is 20.3. The van der Waals surface area contributed by atoms with Crippen LogP contribution in [0.3, 0.4) is 0 Å². The number of carbonyl (C=O) groups is 1. The monoisotopic (exact) mass is 484 g/mol. The fourth-order valence-corrected chi connectivity index (χ4v) is 5.01. The van der Waals surface area contributed by atoms with Gasteiger partial charge in [-0.05, 0) is 67.8 Å². The van der Waals surface area contributed by atoms with Gasteiger partial charge in [-0.1, -0.05) is 42.5 Å². The summed E-state index contributed by atoms with van der Waals surface area (Å²) in [5, 5.41) is 2.81. The third kappa shape index (κ3) is 6.42. The second-order valence-electron chi connectivity index (χ2n) is 7.96. The molecule has 1 amide bonds. The maximum Gasteiger partial charge on any atom is 0.243 e. The van der Waals surface area contributed by atoms with Crippen LogP contribution in [-0.2, 0) is 21.4 Å². The number of halogens is 1. The van der Waals surface area contributed by atoms with E-state index < -0.39 is 22.0 Å². The Morgan fingerprint density at radius 1 is 1.06 bits per heavy atom. The maximum absolute atomic E-state index is 13.6. The molecule has 0 spiro atoms. The lowest BCUT2D eigenvalue weighted by Crippen LogP contribution is -2.41. The van der Waals surface area contributed by atoms with Crippen LogP contribution in [0.2, 0.25) is 0 Å². The molecule has 0 saturated carbocycles. The van der Waals surface area contributed by atoms with Gasteiger partial charge in [-0.3, -0.25) is 4.79 Å². The van der Waals surface area contributed by atoms with Crippen LogP contribution in [0.5, 0.6) is 5.75 Å². The summed E-state index contributed by atoms with van der Waals surface area (Å²) in [5.74, 6) is -0.214. The number of rotatable bonds is 10. The standard InChI is InChI=1S/C26H29FN2O4S/c1-4-33-25-15-14-24(16-19(25)2)34(31,32)29(17-21-8-6-5-7-9-21)18-26(30)28-20(3)22-10-12-23(27)13-11-22/h5-16,20H,4,17-18H2,1-3H3,(H,28,30)/t20-/m0/s1. The first kappa shape index (κ1) is 25.4. The summed E-state index contributed by atoms with van der Waals surface area (Å²) in [4.78, 5) is 13.0. The van der Waals surface area contributed by atoms with E-state index in [2.05, 4.69) is 5.32 Å². The van der Waals surface area contributed by atoms with Gasteiger partial charge in [0.2, 0.25) is 15.9 Å². The van der Waals surface area contributed by atoms with Crippen molar-refractivity contribution >= 4 is 15.9 Å². The topological polar surface area (TPSA) is 75.7 Å². The van der Waals surface area contributed by atoms with Gasteiger partial charge in [0.25, 0.3) is 0 Å². The van der Waals surface area contributed by atoms with E-state index in [1.807, 2.05) is 37.3 Å². The fraction of sp³-hybridized carbons (Fsp3) is 0.269. The number of nitrogens with one attached hydrogen (secondary N) is 1. The van der Waals surface area contributed by atoms with Gasteiger partial charge < -0.3 is 10.1 Å². The quantitative estimate of drug-likeness (QED) is 0.456. The Kier molecular flexibility index (Phi) is 8.41. The SMILES string of the molecule is CCOc1ccc(S(=O)(=O)N(CC(=O)N[C@@H](C)c2ccc(F)cc2)Cc2ccccc2)cc1C. The van der Waals surface area contributed by atoms with Crippen LogP contribution in [0.25, 0.3) is 0 Å². The molecule has 0 aliphatic rings. The van der Waals surface area contributed by atoms with Crippen LogP contribution in [0, 0.1) is 12.7 Å². The van der Waals surface area contributed by atoms with Crippen LogP contribution < -0.4 is 10.1 Å². The number of aryl methyl sites for hydroxylation is 1. The summed E-state index contributed by atoms with van der Waals surface area (Å²) in [6.07, 6.45) is 0. The van der Waals surface area contributed by atoms with Crippen molar-refractivity contribution in [3.8, 4) is 5.75 Å². The number of hydrogen-bond acceptors (Lipinski definition) is 4. The van der Waals surface area contributed by atoms with Crippen molar-refractivity contribution in [1.82, 2.24) is 9.62 Å². The molecular formula is C26H29FN2O4S. The highest BCUT2D eigenvalue weighted by atomic mass is 32.2. The molecule has 0 aliphatic heterocycles. The summed E-state index contributed by atoms with van der Waals surface area (Å²) in [6, 6.07) is 19.2. The highest BCUT2D eigenvalue weighted by molar-refractivity contribution is 7.89. The van der Waals surface area contributed by atoms with E-state index in [0.717, 1.165) is 9.87 Å². The third-order valence-electron chi connectivity index (χ3n) is 5.35. The Labute approximate surface area is 200 Å². The second-order valence-corrected chi connectivity index (χ2v) is 9.90. The number of carbonyl (C=O) groups excluding carboxylic acids is 1. The van der Waals surface area contributed by atoms with E-state index in [-0.39, 0.29) is 23.8 Å². The number of amides is 1. The lowest BCUT2D eigenvalue weighted by atomic mass is 10.1. The molecule has 1 N–H and O–H groups in total. The third-order valence-corrected chi connectivity index (χ3v) is 7.14. The minimum atomic E-state index is -3.99. The Hall–Kier alpha value is -3.23. The van der Waals surface area contributed by atoms with Crippen LogP contribution in [0.4, 0.5) is 4.39 Å². The maximum atomic E-state index is 13.6. The lowest BCUT2D eigenvalue weighted by Gasteiger charge is -2.24. The molecule has 0 bridgehead atoms. The summed E-state index contributed by atoms with van der Waals surface area (Å²) >= 11 is 0. The van der Waals surface area contributed by atoms with Crippen molar-refractivity contribution in [2.24, 2.45) is 0 Å². The minimum Gasteiger partial charge on any atom is -0.494 e. The molecule has 6 nitrogen and oxygen atoms in total. The summed E-state index contributed by atoms with van der Waals surface area (Å²) < 4.78 is 47.0. The fourth-order valence-electron chi connectivity index (χ4n) is 3.54. The second kappa shape index (κ2) is 11.3. The van der Waals surface area contributed by atoms with Crippen molar-refractivity contribution < 1.29 is 22.3 Å². The van der Waals surface area contributed by atoms with Crippen molar-refractivity contribution in [2.75, 3.05) is 13.2 Å². The van der Waals surface area contributed by atoms with Crippen LogP contribution in [-0.4, -0.2) is 31.8 Å². The normalized spacial score (nSPS) is 12.4. The van der Waals surface area contributed by atoms with Gasteiger partial charge in [0, 0.05) is 6.54 Å². The smallest absolute Gasteiger partial charge is 0.243 e. The predicted octanol–water partition coefficient (Wildman–Crippen LogP) is 4.60. The van der Waals surface area contributed by atoms with Gasteiger partial charge in [0.1, 0.15) is 11.6 Å². The molecule has 0 fully saturated rings. The molecule has 1 atom stereocenters. The first-order valence-electron chi connectivity index (χ1n) is 11.0. The van der Waals surface area contributed by atoms with Crippen molar-refractivity contribution in [2.45, 2.75) is 38.3 Å². The Morgan fingerprint density at radius 2 is 1.74 bits per heavy atom. The molecule has 3 aromatic rings. The summed E-state index contributed by atoms with van der Waals surface area (Å²) in [6.45, 7) is 5.54. The Bertz CT molecular complexity index is 1220. The molecule has 180 valence electrons. The summed E-state index contributed by atoms with van der Waals surface area (Å²) in [5.41, 5.74) is 2.17.